The molecule has 4 aromatic rings. The van der Waals surface area contributed by atoms with Crippen LogP contribution in [0.15, 0.2) is 62.9 Å². The Morgan fingerprint density at radius 3 is 2.62 bits per heavy atom. The minimum absolute atomic E-state index is 0.0102. The molecule has 0 amide bonds. The van der Waals surface area contributed by atoms with Gasteiger partial charge in [0.05, 0.1) is 21.6 Å². The first-order valence-electron chi connectivity index (χ1n) is 8.76. The van der Waals surface area contributed by atoms with Crippen molar-refractivity contribution in [3.63, 3.8) is 0 Å². The Morgan fingerprint density at radius 1 is 1.14 bits per heavy atom. The summed E-state index contributed by atoms with van der Waals surface area (Å²) in [5.74, 6) is 0.980. The van der Waals surface area contributed by atoms with Crippen molar-refractivity contribution in [3.8, 4) is 11.5 Å². The van der Waals surface area contributed by atoms with E-state index in [1.165, 1.54) is 23.9 Å². The van der Waals surface area contributed by atoms with Crippen molar-refractivity contribution in [1.29, 1.82) is 0 Å². The number of para-hydroxylation sites is 1. The maximum Gasteiger partial charge on any atom is 0.269 e. The van der Waals surface area contributed by atoms with Gasteiger partial charge in [-0.05, 0) is 31.2 Å². The molecule has 29 heavy (non-hydrogen) atoms. The van der Waals surface area contributed by atoms with Crippen LogP contribution < -0.4 is 5.56 Å². The van der Waals surface area contributed by atoms with Gasteiger partial charge < -0.3 is 4.42 Å². The minimum atomic E-state index is -0.469. The summed E-state index contributed by atoms with van der Waals surface area (Å²) in [6.45, 7) is 2.39. The van der Waals surface area contributed by atoms with Crippen LogP contribution in [0.5, 0.6) is 0 Å². The van der Waals surface area contributed by atoms with Gasteiger partial charge in [-0.1, -0.05) is 23.9 Å². The van der Waals surface area contributed by atoms with Crippen LogP contribution >= 0.6 is 11.8 Å². The predicted octanol–water partition coefficient (Wildman–Crippen LogP) is 3.67. The molecule has 0 spiro atoms. The molecule has 2 heterocycles. The molecule has 0 atom stereocenters. The number of thioether (sulfide) groups is 1. The topological polar surface area (TPSA) is 117 Å². The van der Waals surface area contributed by atoms with E-state index >= 15 is 0 Å². The highest BCUT2D eigenvalue weighted by atomic mass is 32.2. The van der Waals surface area contributed by atoms with Gasteiger partial charge in [0.15, 0.2) is 5.16 Å². The Hall–Kier alpha value is -3.53. The quantitative estimate of drug-likeness (QED) is 0.205. The van der Waals surface area contributed by atoms with Gasteiger partial charge in [0, 0.05) is 24.2 Å². The lowest BCUT2D eigenvalue weighted by atomic mass is 10.2. The molecule has 9 nitrogen and oxygen atoms in total. The van der Waals surface area contributed by atoms with Crippen LogP contribution in [0.4, 0.5) is 5.69 Å². The monoisotopic (exact) mass is 409 g/mol. The summed E-state index contributed by atoms with van der Waals surface area (Å²) in [5, 5.41) is 19.9. The third-order valence-corrected chi connectivity index (χ3v) is 5.22. The fourth-order valence-corrected chi connectivity index (χ4v) is 3.72. The molecule has 4 rings (SSSR count). The molecule has 146 valence electrons. The van der Waals surface area contributed by atoms with Crippen LogP contribution in [0, 0.1) is 10.1 Å². The highest BCUT2D eigenvalue weighted by molar-refractivity contribution is 7.98. The van der Waals surface area contributed by atoms with Crippen molar-refractivity contribution in [1.82, 2.24) is 19.7 Å². The number of hydrogen-bond acceptors (Lipinski definition) is 8. The molecule has 0 N–H and O–H groups in total. The molecule has 0 aliphatic carbocycles. The average molecular weight is 409 g/mol. The lowest BCUT2D eigenvalue weighted by molar-refractivity contribution is -0.384. The van der Waals surface area contributed by atoms with Gasteiger partial charge in [-0.25, -0.2) is 4.98 Å². The SMILES string of the molecule is CCn1c(SCc2nnc(-c3ccc([N+](=O)[O-])cc3)o2)nc2ccccc2c1=O. The highest BCUT2D eigenvalue weighted by Gasteiger charge is 2.14. The zero-order valence-corrected chi connectivity index (χ0v) is 16.1. The highest BCUT2D eigenvalue weighted by Crippen LogP contribution is 2.25. The predicted molar refractivity (Wildman–Crippen MR) is 108 cm³/mol. The summed E-state index contributed by atoms with van der Waals surface area (Å²) in [4.78, 5) is 27.5. The first-order valence-corrected chi connectivity index (χ1v) is 9.75. The van der Waals surface area contributed by atoms with Crippen molar-refractivity contribution < 1.29 is 9.34 Å². The van der Waals surface area contributed by atoms with Gasteiger partial charge in [-0.2, -0.15) is 0 Å². The van der Waals surface area contributed by atoms with Crippen molar-refractivity contribution >= 4 is 28.4 Å². The summed E-state index contributed by atoms with van der Waals surface area (Å²) < 4.78 is 7.27. The zero-order valence-electron chi connectivity index (χ0n) is 15.3. The molecule has 0 bridgehead atoms. The molecule has 0 radical (unpaired) electrons. The normalized spacial score (nSPS) is 11.1. The zero-order chi connectivity index (χ0) is 20.4. The van der Waals surface area contributed by atoms with Gasteiger partial charge in [-0.3, -0.25) is 19.5 Å². The lowest BCUT2D eigenvalue weighted by Crippen LogP contribution is -2.22. The van der Waals surface area contributed by atoms with E-state index in [1.54, 1.807) is 28.8 Å². The van der Waals surface area contributed by atoms with E-state index in [0.29, 0.717) is 39.8 Å². The summed E-state index contributed by atoms with van der Waals surface area (Å²) in [5.41, 5.74) is 1.14. The van der Waals surface area contributed by atoms with E-state index in [9.17, 15) is 14.9 Å². The second-order valence-electron chi connectivity index (χ2n) is 6.05. The van der Waals surface area contributed by atoms with Crippen LogP contribution in [0.3, 0.4) is 0 Å². The Morgan fingerprint density at radius 2 is 1.90 bits per heavy atom. The number of benzene rings is 2. The summed E-state index contributed by atoms with van der Waals surface area (Å²) in [6.07, 6.45) is 0. The number of nitrogens with zero attached hydrogens (tertiary/aromatic N) is 5. The molecular formula is C19H15N5O4S. The molecule has 2 aromatic heterocycles. The summed E-state index contributed by atoms with van der Waals surface area (Å²) >= 11 is 1.33. The van der Waals surface area contributed by atoms with E-state index in [-0.39, 0.29) is 17.1 Å². The second-order valence-corrected chi connectivity index (χ2v) is 7.00. The molecule has 0 saturated carbocycles. The number of nitro benzene ring substituents is 1. The summed E-state index contributed by atoms with van der Waals surface area (Å²) in [7, 11) is 0. The first kappa shape index (κ1) is 18.8. The fraction of sp³-hybridized carbons (Fsp3) is 0.158. The Labute approximate surface area is 168 Å². The standard InChI is InChI=1S/C19H15N5O4S/c1-2-23-18(25)14-5-3-4-6-15(14)20-19(23)29-11-16-21-22-17(28-16)12-7-9-13(10-8-12)24(26)27/h3-10H,2,11H2,1H3. The molecule has 0 fully saturated rings. The molecule has 2 aromatic carbocycles. The average Bonchev–Trinajstić information content (AvgIpc) is 3.21. The minimum Gasteiger partial charge on any atom is -0.420 e. The van der Waals surface area contributed by atoms with E-state index in [2.05, 4.69) is 15.2 Å². The van der Waals surface area contributed by atoms with Gasteiger partial charge in [-0.15, -0.1) is 10.2 Å². The van der Waals surface area contributed by atoms with Crippen LogP contribution in [-0.2, 0) is 12.3 Å². The van der Waals surface area contributed by atoms with Gasteiger partial charge >= 0.3 is 0 Å². The van der Waals surface area contributed by atoms with Gasteiger partial charge in [0.25, 0.3) is 11.2 Å². The van der Waals surface area contributed by atoms with Crippen LogP contribution in [0.1, 0.15) is 12.8 Å². The van der Waals surface area contributed by atoms with Gasteiger partial charge in [0.1, 0.15) is 0 Å². The van der Waals surface area contributed by atoms with Crippen molar-refractivity contribution in [2.75, 3.05) is 0 Å². The Balaban J connectivity index is 1.56. The van der Waals surface area contributed by atoms with Crippen molar-refractivity contribution in [3.05, 3.63) is 74.9 Å². The summed E-state index contributed by atoms with van der Waals surface area (Å²) in [6, 6.07) is 13.1. The Kier molecular flexibility index (Phi) is 5.09. The maximum atomic E-state index is 12.7. The van der Waals surface area contributed by atoms with E-state index in [1.807, 2.05) is 19.1 Å². The third kappa shape index (κ3) is 3.74. The molecule has 0 aliphatic rings. The molecule has 0 saturated heterocycles. The van der Waals surface area contributed by atoms with Crippen LogP contribution in [0.2, 0.25) is 0 Å². The number of fused-ring (bicyclic) bond motifs is 1. The van der Waals surface area contributed by atoms with Crippen LogP contribution in [-0.4, -0.2) is 24.7 Å². The number of non-ortho nitro benzene ring substituents is 1. The van der Waals surface area contributed by atoms with E-state index in [4.69, 9.17) is 4.42 Å². The number of nitro groups is 1. The van der Waals surface area contributed by atoms with Gasteiger partial charge in [0.2, 0.25) is 11.8 Å². The largest absolute Gasteiger partial charge is 0.420 e. The second kappa shape index (κ2) is 7.84. The fourth-order valence-electron chi connectivity index (χ4n) is 2.82. The molecule has 10 heteroatoms. The molecule has 0 aliphatic heterocycles. The number of hydrogen-bond donors (Lipinski definition) is 0. The number of aromatic nitrogens is 4. The number of rotatable bonds is 6. The van der Waals surface area contributed by atoms with E-state index in [0.717, 1.165) is 0 Å². The third-order valence-electron chi connectivity index (χ3n) is 4.26. The van der Waals surface area contributed by atoms with E-state index < -0.39 is 4.92 Å². The molecular weight excluding hydrogens is 394 g/mol. The Bertz CT molecular complexity index is 1250. The smallest absolute Gasteiger partial charge is 0.269 e. The molecule has 0 unspecified atom stereocenters. The first-order chi connectivity index (χ1) is 14.1. The lowest BCUT2D eigenvalue weighted by Gasteiger charge is -2.10. The van der Waals surface area contributed by atoms with Crippen molar-refractivity contribution in [2.24, 2.45) is 0 Å². The van der Waals surface area contributed by atoms with Crippen molar-refractivity contribution in [2.45, 2.75) is 24.4 Å². The van der Waals surface area contributed by atoms with Crippen LogP contribution in [0.25, 0.3) is 22.4 Å². The maximum absolute atomic E-state index is 12.7.